The van der Waals surface area contributed by atoms with Gasteiger partial charge in [-0.1, -0.05) is 42.7 Å². The molecular formula is C16H22N2O3. The molecule has 3 N–H and O–H groups in total. The van der Waals surface area contributed by atoms with Crippen molar-refractivity contribution >= 4 is 12.0 Å². The molecule has 1 saturated carbocycles. The molecule has 0 aliphatic heterocycles. The Kier molecular flexibility index (Phi) is 5.20. The largest absolute Gasteiger partial charge is 0.481 e. The highest BCUT2D eigenvalue weighted by Gasteiger charge is 2.31. The standard InChI is InChI=1S/C16H22N2O3/c1-11-5-4-6-12(9-11)10-17-16(21)18-14-8-3-2-7-13(14)15(19)20/h4-6,9,13-14H,2-3,7-8,10H2,1H3,(H,19,20)(H2,17,18,21). The van der Waals surface area contributed by atoms with Crippen molar-refractivity contribution < 1.29 is 14.7 Å². The summed E-state index contributed by atoms with van der Waals surface area (Å²) < 4.78 is 0. The molecule has 1 aromatic rings. The van der Waals surface area contributed by atoms with Gasteiger partial charge in [-0.05, 0) is 25.3 Å². The summed E-state index contributed by atoms with van der Waals surface area (Å²) in [5.74, 6) is -1.29. The van der Waals surface area contributed by atoms with Gasteiger partial charge in [0.2, 0.25) is 0 Å². The summed E-state index contributed by atoms with van der Waals surface area (Å²) in [6, 6.07) is 7.35. The van der Waals surface area contributed by atoms with Crippen molar-refractivity contribution in [1.82, 2.24) is 10.6 Å². The normalized spacial score (nSPS) is 21.6. The molecule has 0 aromatic heterocycles. The molecule has 1 aliphatic rings. The van der Waals surface area contributed by atoms with Crippen LogP contribution in [0.5, 0.6) is 0 Å². The van der Waals surface area contributed by atoms with Gasteiger partial charge in [0.25, 0.3) is 0 Å². The van der Waals surface area contributed by atoms with Crippen molar-refractivity contribution in [2.75, 3.05) is 0 Å². The molecule has 2 amide bonds. The Morgan fingerprint density at radius 3 is 2.76 bits per heavy atom. The van der Waals surface area contributed by atoms with Gasteiger partial charge in [0.05, 0.1) is 5.92 Å². The number of carbonyl (C=O) groups is 2. The van der Waals surface area contributed by atoms with Crippen LogP contribution in [0.4, 0.5) is 4.79 Å². The van der Waals surface area contributed by atoms with E-state index in [1.165, 1.54) is 0 Å². The Hall–Kier alpha value is -2.04. The summed E-state index contributed by atoms with van der Waals surface area (Å²) in [4.78, 5) is 23.1. The van der Waals surface area contributed by atoms with Gasteiger partial charge in [-0.3, -0.25) is 4.79 Å². The highest BCUT2D eigenvalue weighted by Crippen LogP contribution is 2.24. The van der Waals surface area contributed by atoms with Gasteiger partial charge < -0.3 is 15.7 Å². The average Bonchev–Trinajstić information content (AvgIpc) is 2.45. The molecule has 1 aromatic carbocycles. The van der Waals surface area contributed by atoms with E-state index in [1.807, 2.05) is 31.2 Å². The van der Waals surface area contributed by atoms with E-state index >= 15 is 0 Å². The zero-order valence-corrected chi connectivity index (χ0v) is 12.3. The first kappa shape index (κ1) is 15.4. The molecule has 114 valence electrons. The number of aliphatic carboxylic acids is 1. The van der Waals surface area contributed by atoms with Crippen LogP contribution in [0.25, 0.3) is 0 Å². The quantitative estimate of drug-likeness (QED) is 0.797. The first-order chi connectivity index (χ1) is 10.1. The lowest BCUT2D eigenvalue weighted by Gasteiger charge is -2.29. The minimum Gasteiger partial charge on any atom is -0.481 e. The fourth-order valence-electron chi connectivity index (χ4n) is 2.82. The molecule has 0 spiro atoms. The maximum absolute atomic E-state index is 11.9. The highest BCUT2D eigenvalue weighted by atomic mass is 16.4. The van der Waals surface area contributed by atoms with Crippen molar-refractivity contribution in [2.45, 2.75) is 45.2 Å². The summed E-state index contributed by atoms with van der Waals surface area (Å²) in [5, 5.41) is 14.8. The van der Waals surface area contributed by atoms with Crippen LogP contribution < -0.4 is 10.6 Å². The lowest BCUT2D eigenvalue weighted by atomic mass is 9.84. The van der Waals surface area contributed by atoms with E-state index in [-0.39, 0.29) is 12.1 Å². The maximum Gasteiger partial charge on any atom is 0.315 e. The average molecular weight is 290 g/mol. The van der Waals surface area contributed by atoms with Crippen LogP contribution >= 0.6 is 0 Å². The number of carboxylic acid groups (broad SMARTS) is 1. The van der Waals surface area contributed by atoms with Gasteiger partial charge in [0, 0.05) is 12.6 Å². The van der Waals surface area contributed by atoms with Crippen LogP contribution in [0.3, 0.4) is 0 Å². The van der Waals surface area contributed by atoms with E-state index in [0.717, 1.165) is 30.4 Å². The number of carbonyl (C=O) groups excluding carboxylic acids is 1. The molecule has 0 saturated heterocycles. The topological polar surface area (TPSA) is 78.4 Å². The smallest absolute Gasteiger partial charge is 0.315 e. The Morgan fingerprint density at radius 1 is 1.29 bits per heavy atom. The van der Waals surface area contributed by atoms with E-state index in [1.54, 1.807) is 0 Å². The van der Waals surface area contributed by atoms with E-state index < -0.39 is 11.9 Å². The first-order valence-electron chi connectivity index (χ1n) is 7.39. The fourth-order valence-corrected chi connectivity index (χ4v) is 2.82. The minimum atomic E-state index is -0.821. The summed E-state index contributed by atoms with van der Waals surface area (Å²) in [6.45, 7) is 2.45. The number of benzene rings is 1. The van der Waals surface area contributed by atoms with Gasteiger partial charge in [-0.25, -0.2) is 4.79 Å². The van der Waals surface area contributed by atoms with Crippen LogP contribution in [-0.2, 0) is 11.3 Å². The third-order valence-corrected chi connectivity index (χ3v) is 3.94. The molecule has 0 bridgehead atoms. The lowest BCUT2D eigenvalue weighted by Crippen LogP contribution is -2.48. The van der Waals surface area contributed by atoms with Gasteiger partial charge >= 0.3 is 12.0 Å². The van der Waals surface area contributed by atoms with E-state index in [2.05, 4.69) is 10.6 Å². The number of nitrogens with one attached hydrogen (secondary N) is 2. The zero-order valence-electron chi connectivity index (χ0n) is 12.3. The van der Waals surface area contributed by atoms with Gasteiger partial charge in [0.15, 0.2) is 0 Å². The third-order valence-electron chi connectivity index (χ3n) is 3.94. The molecule has 2 rings (SSSR count). The summed E-state index contributed by atoms with van der Waals surface area (Å²) >= 11 is 0. The van der Waals surface area contributed by atoms with Crippen molar-refractivity contribution in [3.63, 3.8) is 0 Å². The van der Waals surface area contributed by atoms with E-state index in [4.69, 9.17) is 0 Å². The number of aryl methyl sites for hydroxylation is 1. The molecule has 1 aliphatic carbocycles. The summed E-state index contributed by atoms with van der Waals surface area (Å²) in [5.41, 5.74) is 2.18. The predicted octanol–water partition coefficient (Wildman–Crippen LogP) is 2.44. The molecule has 2 atom stereocenters. The molecule has 5 heteroatoms. The number of urea groups is 1. The van der Waals surface area contributed by atoms with Crippen molar-refractivity contribution in [3.05, 3.63) is 35.4 Å². The molecule has 0 heterocycles. The van der Waals surface area contributed by atoms with E-state index in [9.17, 15) is 14.7 Å². The number of hydrogen-bond donors (Lipinski definition) is 3. The molecule has 5 nitrogen and oxygen atoms in total. The predicted molar refractivity (Wildman–Crippen MR) is 79.9 cm³/mol. The van der Waals surface area contributed by atoms with Crippen molar-refractivity contribution in [3.8, 4) is 0 Å². The van der Waals surface area contributed by atoms with E-state index in [0.29, 0.717) is 13.0 Å². The van der Waals surface area contributed by atoms with Crippen LogP contribution in [0.1, 0.15) is 36.8 Å². The maximum atomic E-state index is 11.9. The van der Waals surface area contributed by atoms with Crippen LogP contribution in [0.2, 0.25) is 0 Å². The molecule has 21 heavy (non-hydrogen) atoms. The number of hydrogen-bond acceptors (Lipinski definition) is 2. The second kappa shape index (κ2) is 7.11. The van der Waals surface area contributed by atoms with Gasteiger partial charge in [-0.2, -0.15) is 0 Å². The second-order valence-corrected chi connectivity index (χ2v) is 5.65. The number of carboxylic acids is 1. The molecule has 1 fully saturated rings. The summed E-state index contributed by atoms with van der Waals surface area (Å²) in [7, 11) is 0. The van der Waals surface area contributed by atoms with Gasteiger partial charge in [0.1, 0.15) is 0 Å². The number of amides is 2. The first-order valence-corrected chi connectivity index (χ1v) is 7.39. The zero-order chi connectivity index (χ0) is 15.2. The van der Waals surface area contributed by atoms with Crippen LogP contribution in [0.15, 0.2) is 24.3 Å². The SMILES string of the molecule is Cc1cccc(CNC(=O)NC2CCCCC2C(=O)O)c1. The fraction of sp³-hybridized carbons (Fsp3) is 0.500. The monoisotopic (exact) mass is 290 g/mol. The summed E-state index contributed by atoms with van der Waals surface area (Å²) in [6.07, 6.45) is 3.25. The van der Waals surface area contributed by atoms with Crippen LogP contribution in [0, 0.1) is 12.8 Å². The molecule has 2 unspecified atom stereocenters. The lowest BCUT2D eigenvalue weighted by molar-refractivity contribution is -0.143. The Labute approximate surface area is 124 Å². The Bertz CT molecular complexity index is 516. The van der Waals surface area contributed by atoms with Crippen LogP contribution in [-0.4, -0.2) is 23.1 Å². The second-order valence-electron chi connectivity index (χ2n) is 5.65. The minimum absolute atomic E-state index is 0.270. The Morgan fingerprint density at radius 2 is 2.05 bits per heavy atom. The van der Waals surface area contributed by atoms with Gasteiger partial charge in [-0.15, -0.1) is 0 Å². The molecular weight excluding hydrogens is 268 g/mol. The number of rotatable bonds is 4. The third kappa shape index (κ3) is 4.48. The Balaban J connectivity index is 1.84. The van der Waals surface area contributed by atoms with Crippen molar-refractivity contribution in [2.24, 2.45) is 5.92 Å². The highest BCUT2D eigenvalue weighted by molar-refractivity contribution is 5.76. The molecule has 0 radical (unpaired) electrons. The van der Waals surface area contributed by atoms with Crippen molar-refractivity contribution in [1.29, 1.82) is 0 Å².